The summed E-state index contributed by atoms with van der Waals surface area (Å²) in [6.07, 6.45) is -1.00. The lowest BCUT2D eigenvalue weighted by atomic mass is 10.1. The van der Waals surface area contributed by atoms with Crippen LogP contribution in [0.4, 0.5) is 15.4 Å². The number of anilines is 1. The number of amides is 2. The van der Waals surface area contributed by atoms with Crippen molar-refractivity contribution >= 4 is 23.9 Å². The number of ether oxygens (including phenoxy) is 2. The fourth-order valence-electron chi connectivity index (χ4n) is 3.09. The lowest BCUT2D eigenvalue weighted by Crippen LogP contribution is -2.34. The van der Waals surface area contributed by atoms with Gasteiger partial charge < -0.3 is 14.8 Å². The van der Waals surface area contributed by atoms with E-state index in [-0.39, 0.29) is 37.8 Å². The number of carbonyl (C=O) groups is 3. The molecule has 0 saturated carbocycles. The summed E-state index contributed by atoms with van der Waals surface area (Å²) < 4.78 is 11.6. The minimum Gasteiger partial charge on any atom is -0.448 e. The van der Waals surface area contributed by atoms with Gasteiger partial charge >= 0.3 is 12.2 Å². The van der Waals surface area contributed by atoms with Crippen LogP contribution in [-0.2, 0) is 33.8 Å². The highest BCUT2D eigenvalue weighted by Gasteiger charge is 2.35. The Kier molecular flexibility index (Phi) is 6.09. The molecule has 2 aromatic rings. The van der Waals surface area contributed by atoms with Crippen molar-refractivity contribution in [1.29, 1.82) is 0 Å². The van der Waals surface area contributed by atoms with E-state index in [0.29, 0.717) is 11.3 Å². The molecule has 0 unspecified atom stereocenters. The first-order chi connectivity index (χ1) is 14.2. The van der Waals surface area contributed by atoms with Crippen LogP contribution in [0.2, 0.25) is 0 Å². The van der Waals surface area contributed by atoms with Gasteiger partial charge in [-0.15, -0.1) is 5.10 Å². The number of aromatic nitrogens is 2. The standard InChI is InChI=1S/C21H26N4O5/c1-5-29-20(28)25-16-13-24(19(27)30-21(2,3)4)12-15(16)18(23-25)22-17(26)11-14-9-7-6-8-10-14/h6-10H,5,11-13H2,1-4H3,(H,22,23,26). The van der Waals surface area contributed by atoms with E-state index in [1.165, 1.54) is 4.90 Å². The third-order valence-corrected chi connectivity index (χ3v) is 4.34. The first kappa shape index (κ1) is 21.4. The fraction of sp³-hybridized carbons (Fsp3) is 0.429. The van der Waals surface area contributed by atoms with Crippen molar-refractivity contribution in [2.75, 3.05) is 11.9 Å². The molecule has 0 radical (unpaired) electrons. The van der Waals surface area contributed by atoms with Crippen molar-refractivity contribution in [3.8, 4) is 0 Å². The Bertz CT molecular complexity index is 946. The summed E-state index contributed by atoms with van der Waals surface area (Å²) in [5.74, 6) is -0.0294. The van der Waals surface area contributed by atoms with Gasteiger partial charge in [-0.05, 0) is 33.3 Å². The molecule has 0 aliphatic carbocycles. The van der Waals surface area contributed by atoms with Gasteiger partial charge in [0.25, 0.3) is 0 Å². The summed E-state index contributed by atoms with van der Waals surface area (Å²) >= 11 is 0. The number of hydrogen-bond donors (Lipinski definition) is 1. The lowest BCUT2D eigenvalue weighted by Gasteiger charge is -2.24. The maximum absolute atomic E-state index is 12.5. The van der Waals surface area contributed by atoms with Gasteiger partial charge in [-0.2, -0.15) is 4.68 Å². The molecule has 2 amide bonds. The largest absolute Gasteiger partial charge is 0.448 e. The quantitative estimate of drug-likeness (QED) is 0.823. The van der Waals surface area contributed by atoms with Gasteiger partial charge in [0, 0.05) is 5.56 Å². The average molecular weight is 414 g/mol. The van der Waals surface area contributed by atoms with Crippen LogP contribution < -0.4 is 5.32 Å². The predicted molar refractivity (Wildman–Crippen MR) is 109 cm³/mol. The summed E-state index contributed by atoms with van der Waals surface area (Å²) in [5.41, 5.74) is 1.29. The maximum Gasteiger partial charge on any atom is 0.435 e. The fourth-order valence-corrected chi connectivity index (χ4v) is 3.09. The minimum absolute atomic E-state index is 0.130. The summed E-state index contributed by atoms with van der Waals surface area (Å²) in [7, 11) is 0. The Morgan fingerprint density at radius 2 is 1.80 bits per heavy atom. The first-order valence-corrected chi connectivity index (χ1v) is 9.77. The molecule has 9 heteroatoms. The van der Waals surface area contributed by atoms with E-state index in [9.17, 15) is 14.4 Å². The SMILES string of the molecule is CCOC(=O)n1nc(NC(=O)Cc2ccccc2)c2c1CN(C(=O)OC(C)(C)C)C2. The zero-order chi connectivity index (χ0) is 21.9. The highest BCUT2D eigenvalue weighted by Crippen LogP contribution is 2.30. The van der Waals surface area contributed by atoms with Gasteiger partial charge in [0.2, 0.25) is 5.91 Å². The normalized spacial score (nSPS) is 13.0. The van der Waals surface area contributed by atoms with Gasteiger partial charge in [-0.3, -0.25) is 9.69 Å². The Hall–Kier alpha value is -3.36. The molecule has 0 atom stereocenters. The van der Waals surface area contributed by atoms with Crippen LogP contribution >= 0.6 is 0 Å². The molecule has 3 rings (SSSR count). The Labute approximate surface area is 174 Å². The van der Waals surface area contributed by atoms with Crippen LogP contribution in [0.1, 0.15) is 44.5 Å². The van der Waals surface area contributed by atoms with Crippen LogP contribution in [0.5, 0.6) is 0 Å². The van der Waals surface area contributed by atoms with E-state index < -0.39 is 17.8 Å². The van der Waals surface area contributed by atoms with Crippen LogP contribution in [0.15, 0.2) is 30.3 Å². The summed E-state index contributed by atoms with van der Waals surface area (Å²) in [5, 5.41) is 6.99. The number of nitrogens with one attached hydrogen (secondary N) is 1. The monoisotopic (exact) mass is 414 g/mol. The van der Waals surface area contributed by atoms with E-state index in [2.05, 4.69) is 10.4 Å². The van der Waals surface area contributed by atoms with Gasteiger partial charge in [-0.1, -0.05) is 30.3 Å². The number of fused-ring (bicyclic) bond motifs is 1. The molecule has 0 saturated heterocycles. The molecule has 1 aromatic heterocycles. The summed E-state index contributed by atoms with van der Waals surface area (Å²) in [4.78, 5) is 38.8. The smallest absolute Gasteiger partial charge is 0.435 e. The molecule has 1 aliphatic heterocycles. The molecule has 30 heavy (non-hydrogen) atoms. The predicted octanol–water partition coefficient (Wildman–Crippen LogP) is 3.32. The van der Waals surface area contributed by atoms with Gasteiger partial charge in [-0.25, -0.2) is 9.59 Å². The molecular weight excluding hydrogens is 388 g/mol. The zero-order valence-corrected chi connectivity index (χ0v) is 17.6. The Balaban J connectivity index is 1.82. The van der Waals surface area contributed by atoms with E-state index >= 15 is 0 Å². The average Bonchev–Trinajstić information content (AvgIpc) is 3.22. The molecule has 0 bridgehead atoms. The van der Waals surface area contributed by atoms with Crippen LogP contribution in [0.3, 0.4) is 0 Å². The molecule has 1 N–H and O–H groups in total. The van der Waals surface area contributed by atoms with Crippen molar-refractivity contribution in [3.63, 3.8) is 0 Å². The molecule has 2 heterocycles. The molecule has 0 spiro atoms. The Morgan fingerprint density at radius 3 is 2.43 bits per heavy atom. The van der Waals surface area contributed by atoms with Crippen LogP contribution in [0, 0.1) is 0 Å². The van der Waals surface area contributed by atoms with Gasteiger partial charge in [0.15, 0.2) is 5.82 Å². The third kappa shape index (κ3) is 4.97. The Morgan fingerprint density at radius 1 is 1.10 bits per heavy atom. The highest BCUT2D eigenvalue weighted by molar-refractivity contribution is 5.92. The molecule has 160 valence electrons. The number of carbonyl (C=O) groups excluding carboxylic acids is 3. The topological polar surface area (TPSA) is 103 Å². The first-order valence-electron chi connectivity index (χ1n) is 9.77. The molecule has 1 aromatic carbocycles. The summed E-state index contributed by atoms with van der Waals surface area (Å²) in [6.45, 7) is 7.52. The van der Waals surface area contributed by atoms with Crippen LogP contribution in [-0.4, -0.2) is 45.0 Å². The summed E-state index contributed by atoms with van der Waals surface area (Å²) in [6, 6.07) is 9.29. The van der Waals surface area contributed by atoms with Crippen molar-refractivity contribution in [2.24, 2.45) is 0 Å². The van der Waals surface area contributed by atoms with Gasteiger partial charge in [0.1, 0.15) is 5.60 Å². The zero-order valence-electron chi connectivity index (χ0n) is 17.6. The van der Waals surface area contributed by atoms with Crippen molar-refractivity contribution in [1.82, 2.24) is 14.7 Å². The maximum atomic E-state index is 12.5. The third-order valence-electron chi connectivity index (χ3n) is 4.34. The number of benzene rings is 1. The number of nitrogens with zero attached hydrogens (tertiary/aromatic N) is 3. The van der Waals surface area contributed by atoms with Gasteiger partial charge in [0.05, 0.1) is 31.8 Å². The second-order valence-electron chi connectivity index (χ2n) is 7.93. The highest BCUT2D eigenvalue weighted by atomic mass is 16.6. The second-order valence-corrected chi connectivity index (χ2v) is 7.93. The molecule has 1 aliphatic rings. The van der Waals surface area contributed by atoms with E-state index in [0.717, 1.165) is 10.2 Å². The van der Waals surface area contributed by atoms with Crippen molar-refractivity contribution in [2.45, 2.75) is 52.8 Å². The van der Waals surface area contributed by atoms with Crippen molar-refractivity contribution < 1.29 is 23.9 Å². The molecule has 9 nitrogen and oxygen atoms in total. The van der Waals surface area contributed by atoms with E-state index in [1.807, 2.05) is 30.3 Å². The molecule has 0 fully saturated rings. The second kappa shape index (κ2) is 8.56. The molecular formula is C21H26N4O5. The van der Waals surface area contributed by atoms with E-state index in [1.54, 1.807) is 27.7 Å². The van der Waals surface area contributed by atoms with E-state index in [4.69, 9.17) is 9.47 Å². The van der Waals surface area contributed by atoms with Crippen LogP contribution in [0.25, 0.3) is 0 Å². The minimum atomic E-state index is -0.664. The number of rotatable bonds is 4. The lowest BCUT2D eigenvalue weighted by molar-refractivity contribution is -0.115. The van der Waals surface area contributed by atoms with Crippen molar-refractivity contribution in [3.05, 3.63) is 47.2 Å². The number of hydrogen-bond acceptors (Lipinski definition) is 6.